The first-order chi connectivity index (χ1) is 11.9. The van der Waals surface area contributed by atoms with E-state index in [1.54, 1.807) is 25.3 Å². The van der Waals surface area contributed by atoms with E-state index in [-0.39, 0.29) is 16.7 Å². The Hall–Kier alpha value is -1.60. The van der Waals surface area contributed by atoms with Gasteiger partial charge in [-0.25, -0.2) is 8.42 Å². The predicted octanol–water partition coefficient (Wildman–Crippen LogP) is 2.03. The molecule has 1 aromatic carbocycles. The van der Waals surface area contributed by atoms with Crippen LogP contribution >= 0.6 is 0 Å². The highest BCUT2D eigenvalue weighted by molar-refractivity contribution is 7.89. The first-order valence-corrected chi connectivity index (χ1v) is 10.3. The lowest BCUT2D eigenvalue weighted by atomic mass is 9.84. The third-order valence-electron chi connectivity index (χ3n) is 5.23. The monoisotopic (exact) mass is 366 g/mol. The van der Waals surface area contributed by atoms with Gasteiger partial charge in [0.25, 0.3) is 0 Å². The maximum absolute atomic E-state index is 13.0. The Morgan fingerprint density at radius 2 is 1.88 bits per heavy atom. The molecule has 0 bridgehead atoms. The van der Waals surface area contributed by atoms with Crippen LogP contribution in [0.4, 0.5) is 0 Å². The summed E-state index contributed by atoms with van der Waals surface area (Å²) in [5.41, 5.74) is 0.792. The minimum Gasteiger partial charge on any atom is -0.496 e. The van der Waals surface area contributed by atoms with E-state index in [4.69, 9.17) is 4.74 Å². The molecule has 0 aromatic heterocycles. The molecule has 25 heavy (non-hydrogen) atoms. The number of hydrogen-bond donors (Lipinski definition) is 0. The number of carbonyl (C=O) groups excluding carboxylic acids is 1. The van der Waals surface area contributed by atoms with Crippen molar-refractivity contribution in [3.05, 3.63) is 23.8 Å². The number of hydrogen-bond acceptors (Lipinski definition) is 4. The lowest BCUT2D eigenvalue weighted by molar-refractivity contribution is -0.138. The molecule has 0 radical (unpaired) electrons. The topological polar surface area (TPSA) is 66.9 Å². The van der Waals surface area contributed by atoms with Crippen LogP contribution in [0.1, 0.15) is 31.2 Å². The van der Waals surface area contributed by atoms with E-state index < -0.39 is 10.0 Å². The number of aryl methyl sites for hydroxylation is 1. The Morgan fingerprint density at radius 1 is 1.12 bits per heavy atom. The van der Waals surface area contributed by atoms with Crippen molar-refractivity contribution in [3.8, 4) is 5.75 Å². The number of nitrogens with zero attached hydrogens (tertiary/aromatic N) is 2. The van der Waals surface area contributed by atoms with E-state index >= 15 is 0 Å². The van der Waals surface area contributed by atoms with Crippen molar-refractivity contribution in [2.75, 3.05) is 33.3 Å². The summed E-state index contributed by atoms with van der Waals surface area (Å²) in [4.78, 5) is 14.5. The van der Waals surface area contributed by atoms with Gasteiger partial charge in [0.2, 0.25) is 15.9 Å². The van der Waals surface area contributed by atoms with Gasteiger partial charge >= 0.3 is 0 Å². The van der Waals surface area contributed by atoms with E-state index in [2.05, 4.69) is 0 Å². The van der Waals surface area contributed by atoms with Crippen molar-refractivity contribution in [3.63, 3.8) is 0 Å². The van der Waals surface area contributed by atoms with E-state index in [0.717, 1.165) is 24.8 Å². The van der Waals surface area contributed by atoms with E-state index in [0.29, 0.717) is 38.3 Å². The lowest BCUT2D eigenvalue weighted by Crippen LogP contribution is -2.41. The summed E-state index contributed by atoms with van der Waals surface area (Å²) in [6, 6.07) is 4.92. The van der Waals surface area contributed by atoms with Gasteiger partial charge in [-0.3, -0.25) is 4.79 Å². The SMILES string of the molecule is COc1ccc(S(=O)(=O)N2CCCN(C(=O)C3CCC3)CC2)cc1C. The number of carbonyl (C=O) groups is 1. The molecule has 2 fully saturated rings. The van der Waals surface area contributed by atoms with Gasteiger partial charge in [-0.15, -0.1) is 0 Å². The number of rotatable bonds is 4. The molecule has 1 saturated carbocycles. The van der Waals surface area contributed by atoms with Crippen LogP contribution in [0, 0.1) is 12.8 Å². The molecule has 7 heteroatoms. The number of benzene rings is 1. The number of methoxy groups -OCH3 is 1. The minimum absolute atomic E-state index is 0.160. The van der Waals surface area contributed by atoms with Crippen LogP contribution < -0.4 is 4.74 Å². The second-order valence-corrected chi connectivity index (χ2v) is 8.78. The van der Waals surface area contributed by atoms with Crippen LogP contribution in [0.15, 0.2) is 23.1 Å². The summed E-state index contributed by atoms with van der Waals surface area (Å²) in [5, 5.41) is 0. The van der Waals surface area contributed by atoms with Crippen molar-refractivity contribution in [1.82, 2.24) is 9.21 Å². The molecular formula is C18H26N2O4S. The largest absolute Gasteiger partial charge is 0.496 e. The van der Waals surface area contributed by atoms with Gasteiger partial charge in [0.15, 0.2) is 0 Å². The predicted molar refractivity (Wildman–Crippen MR) is 95.0 cm³/mol. The van der Waals surface area contributed by atoms with Gasteiger partial charge in [-0.2, -0.15) is 4.31 Å². The first kappa shape index (κ1) is 18.2. The van der Waals surface area contributed by atoms with E-state index in [1.165, 1.54) is 4.31 Å². The zero-order valence-corrected chi connectivity index (χ0v) is 15.7. The fourth-order valence-corrected chi connectivity index (χ4v) is 4.98. The molecule has 3 rings (SSSR count). The Kier molecular flexibility index (Phi) is 5.34. The van der Waals surface area contributed by atoms with Crippen molar-refractivity contribution in [1.29, 1.82) is 0 Å². The summed E-state index contributed by atoms with van der Waals surface area (Å²) >= 11 is 0. The molecule has 1 aliphatic carbocycles. The second-order valence-electron chi connectivity index (χ2n) is 6.84. The molecule has 6 nitrogen and oxygen atoms in total. The van der Waals surface area contributed by atoms with Crippen molar-refractivity contribution in [2.24, 2.45) is 5.92 Å². The average molecular weight is 366 g/mol. The molecule has 138 valence electrons. The van der Waals surface area contributed by atoms with Crippen LogP contribution in [0.5, 0.6) is 5.75 Å². The molecule has 0 atom stereocenters. The molecule has 1 saturated heterocycles. The van der Waals surface area contributed by atoms with Crippen LogP contribution in [0.3, 0.4) is 0 Å². The Bertz CT molecular complexity index is 743. The normalized spacial score (nSPS) is 20.0. The fourth-order valence-electron chi connectivity index (χ4n) is 3.43. The van der Waals surface area contributed by atoms with Crippen molar-refractivity contribution in [2.45, 2.75) is 37.5 Å². The quantitative estimate of drug-likeness (QED) is 0.818. The molecule has 1 heterocycles. The highest BCUT2D eigenvalue weighted by atomic mass is 32.2. The Morgan fingerprint density at radius 3 is 2.48 bits per heavy atom. The Balaban J connectivity index is 1.72. The minimum atomic E-state index is -3.55. The molecule has 0 spiro atoms. The van der Waals surface area contributed by atoms with Gasteiger partial charge in [-0.1, -0.05) is 6.42 Å². The van der Waals surface area contributed by atoms with Crippen LogP contribution in [0.2, 0.25) is 0 Å². The van der Waals surface area contributed by atoms with Gasteiger partial charge in [0, 0.05) is 32.1 Å². The van der Waals surface area contributed by atoms with E-state index in [1.807, 2.05) is 11.8 Å². The van der Waals surface area contributed by atoms with Gasteiger partial charge in [-0.05, 0) is 49.9 Å². The summed E-state index contributed by atoms with van der Waals surface area (Å²) in [7, 11) is -1.99. The molecule has 0 N–H and O–H groups in total. The van der Waals surface area contributed by atoms with Gasteiger partial charge in [0.05, 0.1) is 12.0 Å². The van der Waals surface area contributed by atoms with Gasteiger partial charge < -0.3 is 9.64 Å². The molecular weight excluding hydrogens is 340 g/mol. The van der Waals surface area contributed by atoms with Crippen molar-refractivity contribution < 1.29 is 17.9 Å². The highest BCUT2D eigenvalue weighted by Crippen LogP contribution is 2.29. The van der Waals surface area contributed by atoms with Crippen LogP contribution in [-0.4, -0.2) is 56.8 Å². The summed E-state index contributed by atoms with van der Waals surface area (Å²) < 4.78 is 32.6. The van der Waals surface area contributed by atoms with Crippen LogP contribution in [-0.2, 0) is 14.8 Å². The van der Waals surface area contributed by atoms with E-state index in [9.17, 15) is 13.2 Å². The smallest absolute Gasteiger partial charge is 0.243 e. The number of amides is 1. The Labute approximate surface area is 149 Å². The van der Waals surface area contributed by atoms with Crippen molar-refractivity contribution >= 4 is 15.9 Å². The maximum atomic E-state index is 13.0. The number of sulfonamides is 1. The third-order valence-corrected chi connectivity index (χ3v) is 7.12. The zero-order chi connectivity index (χ0) is 18.0. The molecule has 1 aromatic rings. The summed E-state index contributed by atoms with van der Waals surface area (Å²) in [5.74, 6) is 1.03. The standard InChI is InChI=1S/C18H26N2O4S/c1-14-13-16(7-8-17(14)24-2)25(22,23)20-10-4-9-19(11-12-20)18(21)15-5-3-6-15/h7-8,13,15H,3-6,9-12H2,1-2H3. The summed E-state index contributed by atoms with van der Waals surface area (Å²) in [6.45, 7) is 3.75. The second kappa shape index (κ2) is 7.33. The maximum Gasteiger partial charge on any atom is 0.243 e. The van der Waals surface area contributed by atoms with Crippen LogP contribution in [0.25, 0.3) is 0 Å². The average Bonchev–Trinajstić information content (AvgIpc) is 2.79. The molecule has 1 amide bonds. The summed E-state index contributed by atoms with van der Waals surface area (Å²) in [6.07, 6.45) is 3.75. The zero-order valence-electron chi connectivity index (χ0n) is 14.9. The molecule has 2 aliphatic rings. The molecule has 0 unspecified atom stereocenters. The van der Waals surface area contributed by atoms with Gasteiger partial charge in [0.1, 0.15) is 5.75 Å². The third kappa shape index (κ3) is 3.67. The fraction of sp³-hybridized carbons (Fsp3) is 0.611. The highest BCUT2D eigenvalue weighted by Gasteiger charge is 2.32. The lowest BCUT2D eigenvalue weighted by Gasteiger charge is -2.31. The number of ether oxygens (including phenoxy) is 1. The first-order valence-electron chi connectivity index (χ1n) is 8.87. The molecule has 1 aliphatic heterocycles.